The number of hydrogen-bond acceptors (Lipinski definition) is 4. The highest BCUT2D eigenvalue weighted by atomic mass is 16.2. The molecule has 1 atom stereocenters. The molecular formula is C14H16N4O2. The van der Waals surface area contributed by atoms with Gasteiger partial charge >= 0.3 is 0 Å². The molecule has 0 aliphatic rings. The Morgan fingerprint density at radius 1 is 1.35 bits per heavy atom. The first-order valence-corrected chi connectivity index (χ1v) is 6.23. The van der Waals surface area contributed by atoms with Crippen LogP contribution in [0.2, 0.25) is 0 Å². The Labute approximate surface area is 116 Å². The quantitative estimate of drug-likeness (QED) is 0.478. The molecule has 0 bridgehead atoms. The van der Waals surface area contributed by atoms with Crippen LogP contribution < -0.4 is 16.8 Å². The maximum Gasteiger partial charge on any atom is 0.267 e. The second-order valence-corrected chi connectivity index (χ2v) is 4.49. The summed E-state index contributed by atoms with van der Waals surface area (Å²) in [6.07, 6.45) is 1.57. The summed E-state index contributed by atoms with van der Waals surface area (Å²) in [5.41, 5.74) is 3.79. The van der Waals surface area contributed by atoms with Crippen molar-refractivity contribution in [3.8, 4) is 0 Å². The van der Waals surface area contributed by atoms with Gasteiger partial charge in [0, 0.05) is 12.3 Å². The third-order valence-electron chi connectivity index (χ3n) is 3.13. The van der Waals surface area contributed by atoms with E-state index in [0.717, 1.165) is 11.1 Å². The van der Waals surface area contributed by atoms with Gasteiger partial charge in [-0.15, -0.1) is 0 Å². The number of carbonyl (C=O) groups excluding carboxylic acids is 1. The van der Waals surface area contributed by atoms with Gasteiger partial charge < -0.3 is 0 Å². The van der Waals surface area contributed by atoms with Crippen molar-refractivity contribution < 1.29 is 4.79 Å². The molecule has 104 valence electrons. The molecule has 0 fully saturated rings. The molecule has 1 heterocycles. The van der Waals surface area contributed by atoms with E-state index in [1.165, 1.54) is 10.7 Å². The van der Waals surface area contributed by atoms with Crippen LogP contribution in [0.3, 0.4) is 0 Å². The molecule has 6 nitrogen and oxygen atoms in total. The fraction of sp³-hybridized carbons (Fsp3) is 0.214. The second kappa shape index (κ2) is 6.12. The van der Waals surface area contributed by atoms with E-state index in [9.17, 15) is 9.59 Å². The molecule has 2 rings (SSSR count). The fourth-order valence-corrected chi connectivity index (χ4v) is 1.87. The molecule has 0 aliphatic carbocycles. The molecule has 6 heteroatoms. The zero-order valence-corrected chi connectivity index (χ0v) is 11.1. The zero-order chi connectivity index (χ0) is 14.5. The van der Waals surface area contributed by atoms with Gasteiger partial charge in [0.15, 0.2) is 0 Å². The van der Waals surface area contributed by atoms with Crippen LogP contribution in [0.5, 0.6) is 0 Å². The summed E-state index contributed by atoms with van der Waals surface area (Å²) in [5.74, 6) is 4.56. The van der Waals surface area contributed by atoms with Crippen molar-refractivity contribution in [3.05, 3.63) is 64.1 Å². The average Bonchev–Trinajstić information content (AvgIpc) is 2.49. The van der Waals surface area contributed by atoms with E-state index in [-0.39, 0.29) is 17.4 Å². The molecule has 1 amide bonds. The Hall–Kier alpha value is -2.47. The fourth-order valence-electron chi connectivity index (χ4n) is 1.87. The van der Waals surface area contributed by atoms with E-state index in [2.05, 4.69) is 10.5 Å². The molecule has 1 aromatic carbocycles. The molecule has 1 unspecified atom stereocenters. The molecule has 0 radical (unpaired) electrons. The summed E-state index contributed by atoms with van der Waals surface area (Å²) in [7, 11) is 0. The SMILES string of the molecule is CC(C(=O)NN)c1ccc(Cn2ncccc2=O)cc1. The Balaban J connectivity index is 2.15. The van der Waals surface area contributed by atoms with Crippen molar-refractivity contribution in [1.29, 1.82) is 0 Å². The Morgan fingerprint density at radius 2 is 2.05 bits per heavy atom. The predicted molar refractivity (Wildman–Crippen MR) is 74.8 cm³/mol. The van der Waals surface area contributed by atoms with Gasteiger partial charge in [-0.1, -0.05) is 24.3 Å². The first kappa shape index (κ1) is 14.0. The van der Waals surface area contributed by atoms with Crippen LogP contribution in [0.1, 0.15) is 24.0 Å². The van der Waals surface area contributed by atoms with Crippen molar-refractivity contribution in [2.24, 2.45) is 5.84 Å². The van der Waals surface area contributed by atoms with Crippen LogP contribution >= 0.6 is 0 Å². The van der Waals surface area contributed by atoms with Crippen molar-refractivity contribution in [3.63, 3.8) is 0 Å². The average molecular weight is 272 g/mol. The Bertz CT molecular complexity index is 649. The lowest BCUT2D eigenvalue weighted by Crippen LogP contribution is -2.33. The number of benzene rings is 1. The van der Waals surface area contributed by atoms with Gasteiger partial charge in [0.05, 0.1) is 12.5 Å². The van der Waals surface area contributed by atoms with Gasteiger partial charge in [-0.3, -0.25) is 15.0 Å². The summed E-state index contributed by atoms with van der Waals surface area (Å²) in [6.45, 7) is 2.18. The molecule has 0 aliphatic heterocycles. The van der Waals surface area contributed by atoms with Gasteiger partial charge in [-0.2, -0.15) is 5.10 Å². The van der Waals surface area contributed by atoms with Crippen LogP contribution in [0, 0.1) is 0 Å². The number of carbonyl (C=O) groups is 1. The van der Waals surface area contributed by atoms with Crippen LogP contribution in [0.4, 0.5) is 0 Å². The number of hydrogen-bond donors (Lipinski definition) is 2. The smallest absolute Gasteiger partial charge is 0.267 e. The summed E-state index contributed by atoms with van der Waals surface area (Å²) in [6, 6.07) is 10.5. The van der Waals surface area contributed by atoms with Gasteiger partial charge in [0.2, 0.25) is 5.91 Å². The summed E-state index contributed by atoms with van der Waals surface area (Å²) in [4.78, 5) is 23.0. The zero-order valence-electron chi connectivity index (χ0n) is 11.1. The van der Waals surface area contributed by atoms with Gasteiger partial charge in [-0.05, 0) is 24.1 Å². The summed E-state index contributed by atoms with van der Waals surface area (Å²) < 4.78 is 1.38. The molecule has 3 N–H and O–H groups in total. The highest BCUT2D eigenvalue weighted by Crippen LogP contribution is 2.16. The van der Waals surface area contributed by atoms with E-state index in [4.69, 9.17) is 5.84 Å². The minimum Gasteiger partial charge on any atom is -0.294 e. The van der Waals surface area contributed by atoms with Gasteiger partial charge in [0.1, 0.15) is 0 Å². The van der Waals surface area contributed by atoms with E-state index in [1.54, 1.807) is 19.2 Å². The maximum atomic E-state index is 11.6. The lowest BCUT2D eigenvalue weighted by atomic mass is 9.99. The number of nitrogens with one attached hydrogen (secondary N) is 1. The molecule has 2 aromatic rings. The number of nitrogens with zero attached hydrogens (tertiary/aromatic N) is 2. The van der Waals surface area contributed by atoms with Crippen LogP contribution in [-0.4, -0.2) is 15.7 Å². The minimum atomic E-state index is -0.313. The first-order valence-electron chi connectivity index (χ1n) is 6.23. The third kappa shape index (κ3) is 3.10. The van der Waals surface area contributed by atoms with E-state index >= 15 is 0 Å². The lowest BCUT2D eigenvalue weighted by molar-refractivity contribution is -0.122. The third-order valence-corrected chi connectivity index (χ3v) is 3.13. The number of amides is 1. The molecule has 0 spiro atoms. The highest BCUT2D eigenvalue weighted by Gasteiger charge is 2.13. The van der Waals surface area contributed by atoms with E-state index in [1.807, 2.05) is 24.3 Å². The van der Waals surface area contributed by atoms with Crippen LogP contribution in [0.15, 0.2) is 47.4 Å². The van der Waals surface area contributed by atoms with Gasteiger partial charge in [-0.25, -0.2) is 10.5 Å². The predicted octanol–water partition coefficient (Wildman–Crippen LogP) is 0.385. The number of rotatable bonds is 4. The Kier molecular flexibility index (Phi) is 4.27. The maximum absolute atomic E-state index is 11.6. The van der Waals surface area contributed by atoms with Crippen molar-refractivity contribution in [2.45, 2.75) is 19.4 Å². The molecule has 0 saturated carbocycles. The summed E-state index contributed by atoms with van der Waals surface area (Å²) >= 11 is 0. The summed E-state index contributed by atoms with van der Waals surface area (Å²) in [5, 5.41) is 4.00. The molecule has 0 saturated heterocycles. The van der Waals surface area contributed by atoms with E-state index in [0.29, 0.717) is 6.54 Å². The molecule has 20 heavy (non-hydrogen) atoms. The standard InChI is InChI=1S/C14H16N4O2/c1-10(14(20)17-15)12-6-4-11(5-7-12)9-18-13(19)3-2-8-16-18/h2-8,10H,9,15H2,1H3,(H,17,20). The first-order chi connectivity index (χ1) is 9.61. The normalized spacial score (nSPS) is 11.9. The van der Waals surface area contributed by atoms with Crippen LogP contribution in [0.25, 0.3) is 0 Å². The molecular weight excluding hydrogens is 256 g/mol. The number of aromatic nitrogens is 2. The number of hydrazine groups is 1. The minimum absolute atomic E-state index is 0.146. The van der Waals surface area contributed by atoms with Gasteiger partial charge in [0.25, 0.3) is 5.56 Å². The number of nitrogens with two attached hydrogens (primary N) is 1. The highest BCUT2D eigenvalue weighted by molar-refractivity contribution is 5.82. The lowest BCUT2D eigenvalue weighted by Gasteiger charge is -2.11. The van der Waals surface area contributed by atoms with Crippen molar-refractivity contribution in [1.82, 2.24) is 15.2 Å². The molecule has 1 aromatic heterocycles. The Morgan fingerprint density at radius 3 is 2.65 bits per heavy atom. The monoisotopic (exact) mass is 272 g/mol. The van der Waals surface area contributed by atoms with Crippen LogP contribution in [-0.2, 0) is 11.3 Å². The topological polar surface area (TPSA) is 90.0 Å². The largest absolute Gasteiger partial charge is 0.294 e. The van der Waals surface area contributed by atoms with Crippen molar-refractivity contribution >= 4 is 5.91 Å². The second-order valence-electron chi connectivity index (χ2n) is 4.49. The van der Waals surface area contributed by atoms with Crippen molar-refractivity contribution in [2.75, 3.05) is 0 Å². The van der Waals surface area contributed by atoms with E-state index < -0.39 is 0 Å².